The van der Waals surface area contributed by atoms with Gasteiger partial charge in [-0.2, -0.15) is 0 Å². The minimum absolute atomic E-state index is 0.299. The molecule has 0 unspecified atom stereocenters. The van der Waals surface area contributed by atoms with Crippen LogP contribution in [0.1, 0.15) is 35.3 Å². The lowest BCUT2D eigenvalue weighted by molar-refractivity contribution is -0.124. The van der Waals surface area contributed by atoms with Crippen molar-refractivity contribution in [2.45, 2.75) is 27.3 Å². The topological polar surface area (TPSA) is 73.9 Å². The number of ether oxygens (including phenoxy) is 3. The van der Waals surface area contributed by atoms with Gasteiger partial charge in [0.05, 0.1) is 18.8 Å². The summed E-state index contributed by atoms with van der Waals surface area (Å²) < 4.78 is 16.0. The smallest absolute Gasteiger partial charge is 0.338 e. The molecule has 6 heteroatoms. The van der Waals surface area contributed by atoms with Crippen LogP contribution in [0.25, 0.3) is 0 Å². The van der Waals surface area contributed by atoms with Crippen LogP contribution < -0.4 is 14.8 Å². The molecule has 0 spiro atoms. The molecule has 144 valence electrons. The van der Waals surface area contributed by atoms with Crippen LogP contribution >= 0.6 is 0 Å². The summed E-state index contributed by atoms with van der Waals surface area (Å²) in [5.41, 5.74) is 2.41. The molecule has 0 saturated carbocycles. The Labute approximate surface area is 159 Å². The van der Waals surface area contributed by atoms with E-state index in [0.29, 0.717) is 36.8 Å². The van der Waals surface area contributed by atoms with Crippen molar-refractivity contribution in [2.75, 3.05) is 19.8 Å². The Morgan fingerprint density at radius 2 is 1.70 bits per heavy atom. The van der Waals surface area contributed by atoms with Gasteiger partial charge >= 0.3 is 5.97 Å². The lowest BCUT2D eigenvalue weighted by atomic mass is 10.1. The molecule has 1 amide bonds. The molecule has 0 fully saturated rings. The molecule has 27 heavy (non-hydrogen) atoms. The summed E-state index contributed by atoms with van der Waals surface area (Å²) in [6.45, 7) is 6.68. The Balaban J connectivity index is 1.88. The van der Waals surface area contributed by atoms with Crippen LogP contribution in [0.2, 0.25) is 0 Å². The molecular formula is C21H25NO5. The number of amides is 1. The highest BCUT2D eigenvalue weighted by molar-refractivity contribution is 5.92. The van der Waals surface area contributed by atoms with E-state index in [0.717, 1.165) is 11.1 Å². The highest BCUT2D eigenvalue weighted by Gasteiger charge is 2.14. The fourth-order valence-electron chi connectivity index (χ4n) is 2.47. The number of carbonyl (C=O) groups excluding carboxylic acids is 2. The van der Waals surface area contributed by atoms with E-state index in [9.17, 15) is 9.59 Å². The summed E-state index contributed by atoms with van der Waals surface area (Å²) in [6.07, 6.45) is 0. The number of aryl methyl sites for hydroxylation is 1. The number of carbonyl (C=O) groups is 2. The van der Waals surface area contributed by atoms with Gasteiger partial charge in [0.1, 0.15) is 0 Å². The number of rotatable bonds is 9. The van der Waals surface area contributed by atoms with Crippen LogP contribution in [0.15, 0.2) is 42.5 Å². The number of esters is 1. The Bertz CT molecular complexity index is 788. The maximum absolute atomic E-state index is 12.2. The standard InChI is InChI=1S/C21H25NO5/c1-4-25-18-10-9-17(12-19(18)26-5-2)21(24)27-14-20(23)22-13-16-8-6-7-15(3)11-16/h6-12H,4-5,13-14H2,1-3H3,(H,22,23). The van der Waals surface area contributed by atoms with Gasteiger partial charge in [-0.25, -0.2) is 4.79 Å². The van der Waals surface area contributed by atoms with Crippen molar-refractivity contribution in [3.05, 3.63) is 59.2 Å². The predicted octanol–water partition coefficient (Wildman–Crippen LogP) is 3.27. The van der Waals surface area contributed by atoms with Gasteiger partial charge in [0.25, 0.3) is 5.91 Å². The lowest BCUT2D eigenvalue weighted by Crippen LogP contribution is -2.28. The predicted molar refractivity (Wildman–Crippen MR) is 102 cm³/mol. The second-order valence-electron chi connectivity index (χ2n) is 5.87. The molecule has 0 aliphatic rings. The summed E-state index contributed by atoms with van der Waals surface area (Å²) in [4.78, 5) is 24.1. The molecule has 0 saturated heterocycles. The molecule has 2 aromatic carbocycles. The Hall–Kier alpha value is -3.02. The zero-order chi connectivity index (χ0) is 19.6. The number of nitrogens with one attached hydrogen (secondary N) is 1. The van der Waals surface area contributed by atoms with E-state index >= 15 is 0 Å². The van der Waals surface area contributed by atoms with E-state index in [1.807, 2.05) is 45.0 Å². The normalized spacial score (nSPS) is 10.2. The van der Waals surface area contributed by atoms with Gasteiger partial charge < -0.3 is 19.5 Å². The quantitative estimate of drug-likeness (QED) is 0.685. The van der Waals surface area contributed by atoms with E-state index in [1.165, 1.54) is 0 Å². The van der Waals surface area contributed by atoms with E-state index in [4.69, 9.17) is 14.2 Å². The number of hydrogen-bond acceptors (Lipinski definition) is 5. The van der Waals surface area contributed by atoms with E-state index in [-0.39, 0.29) is 12.5 Å². The maximum Gasteiger partial charge on any atom is 0.338 e. The van der Waals surface area contributed by atoms with Crippen molar-refractivity contribution < 1.29 is 23.8 Å². The first-order valence-electron chi connectivity index (χ1n) is 8.92. The first kappa shape index (κ1) is 20.3. The molecule has 0 aliphatic heterocycles. The molecule has 0 atom stereocenters. The van der Waals surface area contributed by atoms with Gasteiger partial charge in [0, 0.05) is 6.54 Å². The second kappa shape index (κ2) is 10.2. The van der Waals surface area contributed by atoms with Crippen molar-refractivity contribution in [3.8, 4) is 11.5 Å². The molecule has 2 rings (SSSR count). The summed E-state index contributed by atoms with van der Waals surface area (Å²) in [5, 5.41) is 2.73. The third-order valence-electron chi connectivity index (χ3n) is 3.69. The first-order chi connectivity index (χ1) is 13.0. The SMILES string of the molecule is CCOc1ccc(C(=O)OCC(=O)NCc2cccc(C)c2)cc1OCC. The maximum atomic E-state index is 12.2. The van der Waals surface area contributed by atoms with Crippen molar-refractivity contribution >= 4 is 11.9 Å². The van der Waals surface area contributed by atoms with Crippen LogP contribution in [-0.2, 0) is 16.1 Å². The van der Waals surface area contributed by atoms with Gasteiger partial charge in [0.2, 0.25) is 0 Å². The number of hydrogen-bond donors (Lipinski definition) is 1. The minimum atomic E-state index is -0.593. The van der Waals surface area contributed by atoms with Crippen LogP contribution in [0, 0.1) is 6.92 Å². The Morgan fingerprint density at radius 1 is 0.963 bits per heavy atom. The van der Waals surface area contributed by atoms with Gasteiger partial charge in [-0.15, -0.1) is 0 Å². The van der Waals surface area contributed by atoms with Crippen molar-refractivity contribution in [3.63, 3.8) is 0 Å². The molecule has 0 aliphatic carbocycles. The summed E-state index contributed by atoms with van der Waals surface area (Å²) >= 11 is 0. The molecular weight excluding hydrogens is 346 g/mol. The van der Waals surface area contributed by atoms with Gasteiger partial charge in [-0.1, -0.05) is 29.8 Å². The molecule has 0 radical (unpaired) electrons. The largest absolute Gasteiger partial charge is 0.490 e. The van der Waals surface area contributed by atoms with Crippen LogP contribution in [0.5, 0.6) is 11.5 Å². The zero-order valence-electron chi connectivity index (χ0n) is 15.9. The van der Waals surface area contributed by atoms with E-state index < -0.39 is 5.97 Å². The third kappa shape index (κ3) is 6.33. The molecule has 6 nitrogen and oxygen atoms in total. The Kier molecular flexibility index (Phi) is 7.67. The van der Waals surface area contributed by atoms with Gasteiger partial charge in [-0.05, 0) is 44.5 Å². The van der Waals surface area contributed by atoms with Gasteiger partial charge in [-0.3, -0.25) is 4.79 Å². The number of benzene rings is 2. The van der Waals surface area contributed by atoms with E-state index in [2.05, 4.69) is 5.32 Å². The average Bonchev–Trinajstić information content (AvgIpc) is 2.66. The van der Waals surface area contributed by atoms with Crippen molar-refractivity contribution in [1.82, 2.24) is 5.32 Å². The van der Waals surface area contributed by atoms with Crippen molar-refractivity contribution in [2.24, 2.45) is 0 Å². The summed E-state index contributed by atoms with van der Waals surface area (Å²) in [7, 11) is 0. The fraction of sp³-hybridized carbons (Fsp3) is 0.333. The van der Waals surface area contributed by atoms with Crippen LogP contribution in [0.4, 0.5) is 0 Å². The first-order valence-corrected chi connectivity index (χ1v) is 8.92. The highest BCUT2D eigenvalue weighted by Crippen LogP contribution is 2.28. The minimum Gasteiger partial charge on any atom is -0.490 e. The molecule has 2 aromatic rings. The average molecular weight is 371 g/mol. The Morgan fingerprint density at radius 3 is 2.41 bits per heavy atom. The zero-order valence-corrected chi connectivity index (χ0v) is 15.9. The van der Waals surface area contributed by atoms with Crippen LogP contribution in [0.3, 0.4) is 0 Å². The van der Waals surface area contributed by atoms with E-state index in [1.54, 1.807) is 18.2 Å². The van der Waals surface area contributed by atoms with Crippen molar-refractivity contribution in [1.29, 1.82) is 0 Å². The van der Waals surface area contributed by atoms with Gasteiger partial charge in [0.15, 0.2) is 18.1 Å². The second-order valence-corrected chi connectivity index (χ2v) is 5.87. The molecule has 0 aromatic heterocycles. The third-order valence-corrected chi connectivity index (χ3v) is 3.69. The molecule has 0 bridgehead atoms. The summed E-state index contributed by atoms with van der Waals surface area (Å²) in [6, 6.07) is 12.6. The lowest BCUT2D eigenvalue weighted by Gasteiger charge is -2.12. The molecule has 1 N–H and O–H groups in total. The van der Waals surface area contributed by atoms with Crippen LogP contribution in [-0.4, -0.2) is 31.7 Å². The highest BCUT2D eigenvalue weighted by atomic mass is 16.5. The molecule has 0 heterocycles. The monoisotopic (exact) mass is 371 g/mol. The fourth-order valence-corrected chi connectivity index (χ4v) is 2.47. The summed E-state index contributed by atoms with van der Waals surface area (Å²) in [5.74, 6) is 0.0787.